The highest BCUT2D eigenvalue weighted by Gasteiger charge is 2.51. The molecule has 0 bridgehead atoms. The van der Waals surface area contributed by atoms with Gasteiger partial charge in [-0.1, -0.05) is 391 Å². The number of allylic oxidation sites excluding steroid dienone is 5. The number of carbonyl (C=O) groups excluding carboxylic acids is 1. The van der Waals surface area contributed by atoms with Gasteiger partial charge in [0.15, 0.2) is 12.6 Å². The van der Waals surface area contributed by atoms with Crippen LogP contribution in [-0.4, -0.2) is 140 Å². The fourth-order valence-electron chi connectivity index (χ4n) is 14.7. The topological polar surface area (TPSA) is 228 Å². The van der Waals surface area contributed by atoms with Crippen LogP contribution in [0.2, 0.25) is 0 Å². The Kier molecular flexibility index (Phi) is 67.1. The molecule has 12 unspecified atom stereocenters. The quantitative estimate of drug-likeness (QED) is 0.0204. The summed E-state index contributed by atoms with van der Waals surface area (Å²) in [6, 6.07) is -0.932. The summed E-state index contributed by atoms with van der Waals surface area (Å²) in [4.78, 5) is 13.4. The molecule has 9 N–H and O–H groups in total. The van der Waals surface area contributed by atoms with Gasteiger partial charge in [-0.25, -0.2) is 0 Å². The highest BCUT2D eigenvalue weighted by atomic mass is 16.7. The maximum absolute atomic E-state index is 13.4. The number of nitrogens with one attached hydrogen (secondary N) is 1. The molecule has 0 saturated carbocycles. The van der Waals surface area contributed by atoms with E-state index in [-0.39, 0.29) is 18.9 Å². The molecule has 2 heterocycles. The summed E-state index contributed by atoms with van der Waals surface area (Å²) >= 11 is 0. The monoisotopic (exact) mass is 1430 g/mol. The van der Waals surface area contributed by atoms with E-state index in [4.69, 9.17) is 18.9 Å². The fourth-order valence-corrected chi connectivity index (χ4v) is 14.7. The van der Waals surface area contributed by atoms with Gasteiger partial charge in [0.1, 0.15) is 48.8 Å². The van der Waals surface area contributed by atoms with Gasteiger partial charge in [-0.05, 0) is 57.8 Å². The molecule has 0 spiro atoms. The molecule has 14 heteroatoms. The highest BCUT2D eigenvalue weighted by molar-refractivity contribution is 5.76. The number of hydrogen-bond donors (Lipinski definition) is 9. The van der Waals surface area contributed by atoms with Crippen molar-refractivity contribution in [2.75, 3.05) is 19.8 Å². The standard InChI is InChI=1S/C87H165NO13/c1-3-5-7-9-11-13-15-17-19-21-23-25-27-29-31-33-35-36-37-38-39-40-41-43-45-47-49-51-53-55-57-59-61-63-65-67-69-71-79(92)88-75(74-98-86-84(97)82(95)85(78(73-90)100-86)101-87-83(96)81(94)80(93)77(72-89)99-87)76(91)70-68-66-64-62-60-58-56-54-52-50-48-46-44-42-34-32-30-28-26-24-22-20-18-16-14-12-10-8-6-4-2/h21,23,60,62,68,70,75-78,80-87,89-91,93-97H,3-20,22,24-59,61,63-67,69,71-74H2,1-2H3,(H,88,92)/b23-21-,62-60+,70-68+. The lowest BCUT2D eigenvalue weighted by atomic mass is 9.97. The number of carbonyl (C=O) groups is 1. The summed E-state index contributed by atoms with van der Waals surface area (Å²) in [5.41, 5.74) is 0. The molecule has 12 atom stereocenters. The highest BCUT2D eigenvalue weighted by Crippen LogP contribution is 2.31. The van der Waals surface area contributed by atoms with Gasteiger partial charge < -0.3 is 65.1 Å². The number of aliphatic hydroxyl groups is 8. The first-order valence-corrected chi connectivity index (χ1v) is 43.7. The van der Waals surface area contributed by atoms with Crippen molar-refractivity contribution in [2.24, 2.45) is 0 Å². The number of hydrogen-bond acceptors (Lipinski definition) is 13. The molecule has 0 aliphatic carbocycles. The Bertz CT molecular complexity index is 1840. The van der Waals surface area contributed by atoms with E-state index < -0.39 is 86.8 Å². The predicted octanol–water partition coefficient (Wildman–Crippen LogP) is 20.8. The summed E-state index contributed by atoms with van der Waals surface area (Å²) in [5.74, 6) is -0.240. The minimum absolute atomic E-state index is 0.240. The predicted molar refractivity (Wildman–Crippen MR) is 420 cm³/mol. The third kappa shape index (κ3) is 53.6. The molecule has 101 heavy (non-hydrogen) atoms. The Hall–Kier alpha value is -1.79. The van der Waals surface area contributed by atoms with Crippen LogP contribution in [0.4, 0.5) is 0 Å². The zero-order valence-corrected chi connectivity index (χ0v) is 65.7. The van der Waals surface area contributed by atoms with Gasteiger partial charge in [0.05, 0.1) is 32.0 Å². The van der Waals surface area contributed by atoms with E-state index >= 15 is 0 Å². The van der Waals surface area contributed by atoms with Crippen LogP contribution in [0.15, 0.2) is 36.5 Å². The first-order chi connectivity index (χ1) is 49.6. The Morgan fingerprint density at radius 1 is 0.347 bits per heavy atom. The molecule has 0 radical (unpaired) electrons. The van der Waals surface area contributed by atoms with Crippen molar-refractivity contribution in [3.8, 4) is 0 Å². The number of aliphatic hydroxyl groups excluding tert-OH is 8. The van der Waals surface area contributed by atoms with E-state index in [1.54, 1.807) is 6.08 Å². The van der Waals surface area contributed by atoms with Crippen LogP contribution in [0.3, 0.4) is 0 Å². The summed E-state index contributed by atoms with van der Waals surface area (Å²) in [6.07, 6.45) is 78.4. The Labute approximate surface area is 621 Å². The number of unbranched alkanes of at least 4 members (excludes halogenated alkanes) is 58. The third-order valence-electron chi connectivity index (χ3n) is 21.5. The summed E-state index contributed by atoms with van der Waals surface area (Å²) in [7, 11) is 0. The maximum atomic E-state index is 13.4. The lowest BCUT2D eigenvalue weighted by Gasteiger charge is -2.46. The molecular weight excluding hydrogens is 1270 g/mol. The zero-order valence-electron chi connectivity index (χ0n) is 65.7. The minimum Gasteiger partial charge on any atom is -0.394 e. The first kappa shape index (κ1) is 95.3. The average Bonchev–Trinajstić information content (AvgIpc) is 0.792. The Balaban J connectivity index is 1.58. The molecule has 2 fully saturated rings. The van der Waals surface area contributed by atoms with Gasteiger partial charge in [-0.3, -0.25) is 4.79 Å². The molecule has 0 aromatic carbocycles. The normalized spacial score (nSPS) is 21.8. The Morgan fingerprint density at radius 2 is 0.634 bits per heavy atom. The third-order valence-corrected chi connectivity index (χ3v) is 21.5. The Morgan fingerprint density at radius 3 is 0.970 bits per heavy atom. The van der Waals surface area contributed by atoms with Crippen molar-refractivity contribution in [3.63, 3.8) is 0 Å². The van der Waals surface area contributed by atoms with E-state index in [0.717, 1.165) is 32.1 Å². The van der Waals surface area contributed by atoms with Gasteiger partial charge in [0, 0.05) is 6.42 Å². The number of rotatable bonds is 75. The van der Waals surface area contributed by atoms with Crippen LogP contribution in [-0.2, 0) is 23.7 Å². The van der Waals surface area contributed by atoms with Gasteiger partial charge >= 0.3 is 0 Å². The molecule has 2 aliphatic rings. The van der Waals surface area contributed by atoms with Crippen LogP contribution >= 0.6 is 0 Å². The zero-order chi connectivity index (χ0) is 73.0. The first-order valence-electron chi connectivity index (χ1n) is 43.7. The maximum Gasteiger partial charge on any atom is 0.220 e. The van der Waals surface area contributed by atoms with Crippen molar-refractivity contribution >= 4 is 5.91 Å². The van der Waals surface area contributed by atoms with Crippen molar-refractivity contribution in [2.45, 2.75) is 492 Å². The van der Waals surface area contributed by atoms with Crippen LogP contribution in [0.5, 0.6) is 0 Å². The molecule has 2 saturated heterocycles. The van der Waals surface area contributed by atoms with Crippen molar-refractivity contribution in [3.05, 3.63) is 36.5 Å². The molecule has 1 amide bonds. The van der Waals surface area contributed by atoms with Gasteiger partial charge in [0.25, 0.3) is 0 Å². The van der Waals surface area contributed by atoms with E-state index in [2.05, 4.69) is 43.5 Å². The van der Waals surface area contributed by atoms with E-state index in [1.165, 1.54) is 353 Å². The molecular formula is C87H165NO13. The van der Waals surface area contributed by atoms with E-state index in [0.29, 0.717) is 12.8 Å². The summed E-state index contributed by atoms with van der Waals surface area (Å²) in [6.45, 7) is 2.86. The molecule has 0 aromatic rings. The van der Waals surface area contributed by atoms with Crippen molar-refractivity contribution < 1.29 is 64.6 Å². The fraction of sp³-hybridized carbons (Fsp3) is 0.920. The molecule has 14 nitrogen and oxygen atoms in total. The molecule has 0 aromatic heterocycles. The molecule has 2 rings (SSSR count). The van der Waals surface area contributed by atoms with Crippen LogP contribution in [0.1, 0.15) is 418 Å². The minimum atomic E-state index is -1.79. The summed E-state index contributed by atoms with van der Waals surface area (Å²) in [5, 5.41) is 87.8. The van der Waals surface area contributed by atoms with Crippen LogP contribution < -0.4 is 5.32 Å². The van der Waals surface area contributed by atoms with Crippen LogP contribution in [0.25, 0.3) is 0 Å². The largest absolute Gasteiger partial charge is 0.394 e. The second-order valence-electron chi connectivity index (χ2n) is 31.0. The molecule has 2 aliphatic heterocycles. The van der Waals surface area contributed by atoms with E-state index in [1.807, 2.05) is 6.08 Å². The van der Waals surface area contributed by atoms with Gasteiger partial charge in [-0.15, -0.1) is 0 Å². The SMILES string of the molecule is CCCCCCCCCC/C=C\CCCCCCCCCCCCCCCCCCCCCCCCCCCC(=O)NC(COC1OC(CO)C(OC2OC(CO)C(O)C(O)C2O)C(O)C1O)C(O)/C=C/CC/C=C/CCCCCCCCCCCCCCCCCCCCCCCCCC. The van der Waals surface area contributed by atoms with Crippen LogP contribution in [0, 0.1) is 0 Å². The van der Waals surface area contributed by atoms with Gasteiger partial charge in [0.2, 0.25) is 5.91 Å². The number of ether oxygens (including phenoxy) is 4. The second-order valence-corrected chi connectivity index (χ2v) is 31.0. The lowest BCUT2D eigenvalue weighted by Crippen LogP contribution is -2.65. The van der Waals surface area contributed by atoms with Crippen molar-refractivity contribution in [1.29, 1.82) is 0 Å². The smallest absolute Gasteiger partial charge is 0.220 e. The number of amides is 1. The second kappa shape index (κ2) is 71.1. The average molecular weight is 1430 g/mol. The van der Waals surface area contributed by atoms with Crippen molar-refractivity contribution in [1.82, 2.24) is 5.32 Å². The van der Waals surface area contributed by atoms with E-state index in [9.17, 15) is 45.6 Å². The molecule has 596 valence electrons. The lowest BCUT2D eigenvalue weighted by molar-refractivity contribution is -0.359. The summed E-state index contributed by atoms with van der Waals surface area (Å²) < 4.78 is 22.9. The van der Waals surface area contributed by atoms with Gasteiger partial charge in [-0.2, -0.15) is 0 Å².